The lowest BCUT2D eigenvalue weighted by atomic mass is 9.94. The number of para-hydroxylation sites is 1. The Hall–Kier alpha value is -1.85. The van der Waals surface area contributed by atoms with Gasteiger partial charge in [-0.1, -0.05) is 32.0 Å². The normalized spacial score (nSPS) is 13.2. The highest BCUT2D eigenvalue weighted by Crippen LogP contribution is 2.28. The Morgan fingerprint density at radius 3 is 2.62 bits per heavy atom. The van der Waals surface area contributed by atoms with E-state index in [0.717, 1.165) is 48.9 Å². The molecule has 0 spiro atoms. The Kier molecular flexibility index (Phi) is 6.48. The molecule has 1 amide bonds. The first-order chi connectivity index (χ1) is 12.0. The highest BCUT2D eigenvalue weighted by Gasteiger charge is 2.28. The van der Waals surface area contributed by atoms with Crippen LogP contribution in [0.4, 0.5) is 0 Å². The zero-order valence-corrected chi connectivity index (χ0v) is 16.7. The molecule has 0 saturated carbocycles. The van der Waals surface area contributed by atoms with Gasteiger partial charge in [0, 0.05) is 23.3 Å². The summed E-state index contributed by atoms with van der Waals surface area (Å²) in [6.45, 7) is 6.66. The number of fused-ring (bicyclic) bond motifs is 1. The molecule has 6 heteroatoms. The van der Waals surface area contributed by atoms with Crippen LogP contribution in [-0.2, 0) is 12.8 Å². The van der Waals surface area contributed by atoms with Crippen LogP contribution in [0.25, 0.3) is 5.69 Å². The average molecular weight is 377 g/mol. The van der Waals surface area contributed by atoms with E-state index >= 15 is 0 Å². The second-order valence-electron chi connectivity index (χ2n) is 7.08. The van der Waals surface area contributed by atoms with Crippen LogP contribution in [0.2, 0.25) is 0 Å². The predicted octanol–water partition coefficient (Wildman–Crippen LogP) is 3.34. The van der Waals surface area contributed by atoms with Crippen molar-refractivity contribution < 1.29 is 4.79 Å². The zero-order valence-electron chi connectivity index (χ0n) is 15.8. The number of aryl methyl sites for hydroxylation is 1. The third kappa shape index (κ3) is 3.79. The summed E-state index contributed by atoms with van der Waals surface area (Å²) in [4.78, 5) is 12.8. The largest absolute Gasteiger partial charge is 0.349 e. The van der Waals surface area contributed by atoms with Crippen molar-refractivity contribution in [3.05, 3.63) is 46.8 Å². The third-order valence-electron chi connectivity index (χ3n) is 5.50. The Morgan fingerprint density at radius 2 is 1.96 bits per heavy atom. The summed E-state index contributed by atoms with van der Waals surface area (Å²) in [5.41, 5.74) is 11.0. The fraction of sp³-hybridized carbons (Fsp3) is 0.500. The van der Waals surface area contributed by atoms with Gasteiger partial charge in [0.05, 0.1) is 5.69 Å². The maximum absolute atomic E-state index is 12.8. The van der Waals surface area contributed by atoms with Crippen LogP contribution >= 0.6 is 12.4 Å². The minimum atomic E-state index is -0.350. The number of nitrogens with two attached hydrogens (primary N) is 1. The quantitative estimate of drug-likeness (QED) is 0.812. The van der Waals surface area contributed by atoms with Gasteiger partial charge in [0.2, 0.25) is 0 Å². The zero-order chi connectivity index (χ0) is 18.0. The molecule has 0 atom stereocenters. The fourth-order valence-electron chi connectivity index (χ4n) is 3.46. The van der Waals surface area contributed by atoms with E-state index in [1.807, 2.05) is 16.8 Å². The molecule has 0 saturated heterocycles. The fourth-order valence-corrected chi connectivity index (χ4v) is 3.46. The molecule has 2 aromatic rings. The van der Waals surface area contributed by atoms with Gasteiger partial charge in [0.25, 0.3) is 5.91 Å². The summed E-state index contributed by atoms with van der Waals surface area (Å²) in [5.74, 6) is -0.109. The molecule has 3 rings (SSSR count). The lowest BCUT2D eigenvalue weighted by Crippen LogP contribution is -2.49. The number of carbonyl (C=O) groups is 1. The molecule has 3 N–H and O–H groups in total. The minimum Gasteiger partial charge on any atom is -0.349 e. The van der Waals surface area contributed by atoms with Gasteiger partial charge in [-0.2, -0.15) is 5.10 Å². The van der Waals surface area contributed by atoms with E-state index in [4.69, 9.17) is 5.73 Å². The maximum atomic E-state index is 12.8. The van der Waals surface area contributed by atoms with E-state index in [1.54, 1.807) is 0 Å². The lowest BCUT2D eigenvalue weighted by Gasteiger charge is -2.26. The number of hydrogen-bond acceptors (Lipinski definition) is 3. The van der Waals surface area contributed by atoms with Crippen LogP contribution in [0.5, 0.6) is 0 Å². The standard InChI is InChI=1S/C20H28N4O.ClH/c1-4-20(21,5-2)13-22-19(25)18-15-10-8-12-17(15)24(23-18)16-11-7-6-9-14(16)3;/h6-7,9,11H,4-5,8,10,12-13,21H2,1-3H3,(H,22,25);1H. The van der Waals surface area contributed by atoms with Crippen LogP contribution in [-0.4, -0.2) is 27.8 Å². The maximum Gasteiger partial charge on any atom is 0.272 e. The monoisotopic (exact) mass is 376 g/mol. The number of amides is 1. The van der Waals surface area contributed by atoms with Crippen molar-refractivity contribution in [3.8, 4) is 5.69 Å². The van der Waals surface area contributed by atoms with E-state index in [2.05, 4.69) is 43.3 Å². The first kappa shape index (κ1) is 20.5. The predicted molar refractivity (Wildman–Crippen MR) is 107 cm³/mol. The van der Waals surface area contributed by atoms with Gasteiger partial charge >= 0.3 is 0 Å². The van der Waals surface area contributed by atoms with Crippen LogP contribution in [0, 0.1) is 6.92 Å². The third-order valence-corrected chi connectivity index (χ3v) is 5.50. The molecule has 0 aliphatic heterocycles. The number of halogens is 1. The van der Waals surface area contributed by atoms with Crippen molar-refractivity contribution in [1.29, 1.82) is 0 Å². The summed E-state index contributed by atoms with van der Waals surface area (Å²) < 4.78 is 1.96. The first-order valence-corrected chi connectivity index (χ1v) is 9.23. The van der Waals surface area contributed by atoms with Crippen molar-refractivity contribution in [3.63, 3.8) is 0 Å². The van der Waals surface area contributed by atoms with Crippen LogP contribution in [0.15, 0.2) is 24.3 Å². The number of rotatable bonds is 6. The van der Waals surface area contributed by atoms with Crippen LogP contribution in [0.3, 0.4) is 0 Å². The van der Waals surface area contributed by atoms with Gasteiger partial charge in [0.15, 0.2) is 5.69 Å². The van der Waals surface area contributed by atoms with E-state index < -0.39 is 0 Å². The van der Waals surface area contributed by atoms with Gasteiger partial charge < -0.3 is 11.1 Å². The number of carbonyl (C=O) groups excluding carboxylic acids is 1. The summed E-state index contributed by atoms with van der Waals surface area (Å²) in [7, 11) is 0. The molecule has 142 valence electrons. The van der Waals surface area contributed by atoms with Gasteiger partial charge in [-0.3, -0.25) is 4.79 Å². The molecule has 1 aromatic carbocycles. The van der Waals surface area contributed by atoms with Gasteiger partial charge in [0.1, 0.15) is 0 Å². The Bertz CT molecular complexity index is 780. The summed E-state index contributed by atoms with van der Waals surface area (Å²) in [6.07, 6.45) is 4.62. The van der Waals surface area contributed by atoms with Gasteiger partial charge in [-0.15, -0.1) is 12.4 Å². The van der Waals surface area contributed by atoms with Crippen molar-refractivity contribution >= 4 is 18.3 Å². The smallest absolute Gasteiger partial charge is 0.272 e. The van der Waals surface area contributed by atoms with Crippen molar-refractivity contribution in [2.24, 2.45) is 5.73 Å². The van der Waals surface area contributed by atoms with Crippen molar-refractivity contribution in [1.82, 2.24) is 15.1 Å². The molecular formula is C20H29ClN4O. The molecule has 0 fully saturated rings. The Labute approximate surface area is 161 Å². The second kappa shape index (κ2) is 8.23. The van der Waals surface area contributed by atoms with Crippen molar-refractivity contribution in [2.45, 2.75) is 58.4 Å². The lowest BCUT2D eigenvalue weighted by molar-refractivity contribution is 0.0936. The van der Waals surface area contributed by atoms with E-state index in [0.29, 0.717) is 12.2 Å². The highest BCUT2D eigenvalue weighted by molar-refractivity contribution is 5.94. The number of aromatic nitrogens is 2. The van der Waals surface area contributed by atoms with Gasteiger partial charge in [-0.05, 0) is 50.7 Å². The first-order valence-electron chi connectivity index (χ1n) is 9.23. The molecule has 1 aromatic heterocycles. The number of hydrogen-bond donors (Lipinski definition) is 2. The minimum absolute atomic E-state index is 0. The number of nitrogens with one attached hydrogen (secondary N) is 1. The molecule has 5 nitrogen and oxygen atoms in total. The van der Waals surface area contributed by atoms with Crippen LogP contribution in [0.1, 0.15) is 60.4 Å². The van der Waals surface area contributed by atoms with Crippen molar-refractivity contribution in [2.75, 3.05) is 6.54 Å². The number of benzene rings is 1. The van der Waals surface area contributed by atoms with Crippen LogP contribution < -0.4 is 11.1 Å². The second-order valence-corrected chi connectivity index (χ2v) is 7.08. The molecule has 26 heavy (non-hydrogen) atoms. The molecule has 0 bridgehead atoms. The summed E-state index contributed by atoms with van der Waals surface area (Å²) in [5, 5.41) is 7.69. The highest BCUT2D eigenvalue weighted by atomic mass is 35.5. The molecular weight excluding hydrogens is 348 g/mol. The summed E-state index contributed by atoms with van der Waals surface area (Å²) >= 11 is 0. The molecule has 1 aliphatic carbocycles. The molecule has 0 unspecified atom stereocenters. The average Bonchev–Trinajstić information content (AvgIpc) is 3.22. The van der Waals surface area contributed by atoms with E-state index in [-0.39, 0.29) is 23.9 Å². The molecule has 1 heterocycles. The molecule has 1 aliphatic rings. The topological polar surface area (TPSA) is 72.9 Å². The van der Waals surface area contributed by atoms with E-state index in [9.17, 15) is 4.79 Å². The SMILES string of the molecule is CCC(N)(CC)CNC(=O)c1nn(-c2ccccc2C)c2c1CCC2.Cl. The Balaban J connectivity index is 0.00000243. The van der Waals surface area contributed by atoms with Gasteiger partial charge in [-0.25, -0.2) is 4.68 Å². The summed E-state index contributed by atoms with van der Waals surface area (Å²) in [6, 6.07) is 8.16. The Morgan fingerprint density at radius 1 is 1.27 bits per heavy atom. The van der Waals surface area contributed by atoms with E-state index in [1.165, 1.54) is 5.69 Å². The number of nitrogens with zero attached hydrogens (tertiary/aromatic N) is 2. The molecule has 0 radical (unpaired) electrons.